The summed E-state index contributed by atoms with van der Waals surface area (Å²) in [4.78, 5) is 12.7. The molecular weight excluding hydrogens is 336 g/mol. The summed E-state index contributed by atoms with van der Waals surface area (Å²) in [6, 6.07) is 6.21. The first kappa shape index (κ1) is 19.9. The monoisotopic (exact) mass is 366 g/mol. The molecule has 5 nitrogen and oxygen atoms in total. The number of sulfonamides is 1. The smallest absolute Gasteiger partial charge is 0.251 e. The molecule has 2 N–H and O–H groups in total. The number of unbranched alkanes of at least 4 members (excludes halogenated alkanes) is 1. The zero-order chi connectivity index (χ0) is 18.4. The van der Waals surface area contributed by atoms with Crippen molar-refractivity contribution in [1.29, 1.82) is 0 Å². The minimum Gasteiger partial charge on any atom is -0.349 e. The minimum absolute atomic E-state index is 0.117. The molecule has 0 saturated heterocycles. The van der Waals surface area contributed by atoms with Crippen molar-refractivity contribution < 1.29 is 13.2 Å². The molecule has 1 aromatic carbocycles. The van der Waals surface area contributed by atoms with Crippen LogP contribution in [0.1, 0.15) is 69.7 Å². The van der Waals surface area contributed by atoms with Gasteiger partial charge >= 0.3 is 0 Å². The third-order valence-electron chi connectivity index (χ3n) is 4.72. The van der Waals surface area contributed by atoms with Crippen molar-refractivity contribution >= 4 is 15.9 Å². The minimum atomic E-state index is -3.53. The number of hydrogen-bond donors (Lipinski definition) is 2. The molecule has 2 unspecified atom stereocenters. The molecule has 2 atom stereocenters. The Balaban J connectivity index is 2.01. The molecule has 0 bridgehead atoms. The van der Waals surface area contributed by atoms with Gasteiger partial charge in [-0.15, -0.1) is 0 Å². The Hall–Kier alpha value is -1.40. The van der Waals surface area contributed by atoms with Crippen LogP contribution in [0, 0.1) is 5.92 Å². The first-order valence-corrected chi connectivity index (χ1v) is 10.7. The van der Waals surface area contributed by atoms with E-state index in [0.29, 0.717) is 11.5 Å². The predicted octanol–water partition coefficient (Wildman–Crippen LogP) is 3.46. The third kappa shape index (κ3) is 5.54. The Kier molecular flexibility index (Phi) is 7.02. The van der Waals surface area contributed by atoms with Crippen LogP contribution in [0.15, 0.2) is 29.2 Å². The maximum atomic E-state index is 12.5. The normalized spacial score (nSPS) is 20.8. The summed E-state index contributed by atoms with van der Waals surface area (Å²) >= 11 is 0. The number of amides is 1. The highest BCUT2D eigenvalue weighted by Gasteiger charge is 2.28. The van der Waals surface area contributed by atoms with Gasteiger partial charge in [0.2, 0.25) is 10.0 Å². The van der Waals surface area contributed by atoms with E-state index < -0.39 is 10.0 Å². The SMILES string of the molecule is CCCCC1CCCC1NC(=O)c1ccc(S(=O)(=O)NC(C)C)cc1. The van der Waals surface area contributed by atoms with Gasteiger partial charge in [0.1, 0.15) is 0 Å². The lowest BCUT2D eigenvalue weighted by molar-refractivity contribution is 0.0926. The highest BCUT2D eigenvalue weighted by Crippen LogP contribution is 2.30. The molecule has 1 amide bonds. The topological polar surface area (TPSA) is 75.3 Å². The van der Waals surface area contributed by atoms with E-state index in [9.17, 15) is 13.2 Å². The van der Waals surface area contributed by atoms with Crippen LogP contribution in [0.4, 0.5) is 0 Å². The highest BCUT2D eigenvalue weighted by molar-refractivity contribution is 7.89. The molecule has 1 fully saturated rings. The molecule has 140 valence electrons. The highest BCUT2D eigenvalue weighted by atomic mass is 32.2. The van der Waals surface area contributed by atoms with Gasteiger partial charge in [-0.3, -0.25) is 4.79 Å². The van der Waals surface area contributed by atoms with Crippen LogP contribution in [0.3, 0.4) is 0 Å². The number of nitrogens with one attached hydrogen (secondary N) is 2. The molecule has 0 heterocycles. The van der Waals surface area contributed by atoms with Crippen LogP contribution in [-0.4, -0.2) is 26.4 Å². The van der Waals surface area contributed by atoms with E-state index >= 15 is 0 Å². The van der Waals surface area contributed by atoms with Crippen molar-refractivity contribution in [2.75, 3.05) is 0 Å². The van der Waals surface area contributed by atoms with Gasteiger partial charge in [0.15, 0.2) is 0 Å². The van der Waals surface area contributed by atoms with Gasteiger partial charge in [-0.05, 0) is 63.3 Å². The molecule has 25 heavy (non-hydrogen) atoms. The lowest BCUT2D eigenvalue weighted by Crippen LogP contribution is -2.37. The predicted molar refractivity (Wildman–Crippen MR) is 100 cm³/mol. The first-order chi connectivity index (χ1) is 11.8. The van der Waals surface area contributed by atoms with E-state index in [2.05, 4.69) is 17.0 Å². The van der Waals surface area contributed by atoms with Crippen LogP contribution in [0.5, 0.6) is 0 Å². The van der Waals surface area contributed by atoms with Gasteiger partial charge in [-0.25, -0.2) is 13.1 Å². The molecule has 0 aliphatic heterocycles. The lowest BCUT2D eigenvalue weighted by atomic mass is 9.96. The quantitative estimate of drug-likeness (QED) is 0.740. The van der Waals surface area contributed by atoms with Crippen molar-refractivity contribution in [2.45, 2.75) is 76.3 Å². The van der Waals surface area contributed by atoms with Gasteiger partial charge in [-0.1, -0.05) is 26.2 Å². The van der Waals surface area contributed by atoms with Crippen LogP contribution in [-0.2, 0) is 10.0 Å². The second-order valence-electron chi connectivity index (χ2n) is 7.21. The fourth-order valence-corrected chi connectivity index (χ4v) is 4.71. The molecule has 0 spiro atoms. The Bertz CT molecular complexity index is 668. The summed E-state index contributed by atoms with van der Waals surface area (Å²) < 4.78 is 26.8. The summed E-state index contributed by atoms with van der Waals surface area (Å²) in [5.74, 6) is 0.452. The zero-order valence-corrected chi connectivity index (χ0v) is 16.2. The molecule has 6 heteroatoms. The van der Waals surface area contributed by atoms with E-state index in [-0.39, 0.29) is 22.9 Å². The van der Waals surface area contributed by atoms with E-state index in [1.54, 1.807) is 26.0 Å². The van der Waals surface area contributed by atoms with Gasteiger partial charge in [0, 0.05) is 17.6 Å². The molecule has 0 aromatic heterocycles. The van der Waals surface area contributed by atoms with Crippen molar-refractivity contribution in [3.8, 4) is 0 Å². The van der Waals surface area contributed by atoms with Crippen molar-refractivity contribution in [1.82, 2.24) is 10.0 Å². The maximum Gasteiger partial charge on any atom is 0.251 e. The second-order valence-corrected chi connectivity index (χ2v) is 8.93. The summed E-state index contributed by atoms with van der Waals surface area (Å²) in [6.45, 7) is 5.73. The largest absolute Gasteiger partial charge is 0.349 e. The van der Waals surface area contributed by atoms with E-state index in [1.807, 2.05) is 0 Å². The Morgan fingerprint density at radius 3 is 2.48 bits per heavy atom. The van der Waals surface area contributed by atoms with Crippen LogP contribution < -0.4 is 10.0 Å². The van der Waals surface area contributed by atoms with Crippen molar-refractivity contribution in [3.63, 3.8) is 0 Å². The van der Waals surface area contributed by atoms with E-state index in [4.69, 9.17) is 0 Å². The molecule has 1 aromatic rings. The maximum absolute atomic E-state index is 12.5. The number of hydrogen-bond acceptors (Lipinski definition) is 3. The Morgan fingerprint density at radius 1 is 1.20 bits per heavy atom. The van der Waals surface area contributed by atoms with Gasteiger partial charge in [-0.2, -0.15) is 0 Å². The zero-order valence-electron chi connectivity index (χ0n) is 15.4. The average Bonchev–Trinajstić information content (AvgIpc) is 2.99. The third-order valence-corrected chi connectivity index (χ3v) is 6.40. The number of benzene rings is 1. The number of carbonyl (C=O) groups excluding carboxylic acids is 1. The average molecular weight is 367 g/mol. The molecule has 2 rings (SSSR count). The number of carbonyl (C=O) groups is 1. The number of rotatable bonds is 8. The van der Waals surface area contributed by atoms with Crippen molar-refractivity contribution in [2.24, 2.45) is 5.92 Å². The second kappa shape index (κ2) is 8.81. The summed E-state index contributed by atoms with van der Waals surface area (Å²) in [5.41, 5.74) is 0.504. The van der Waals surface area contributed by atoms with Crippen molar-refractivity contribution in [3.05, 3.63) is 29.8 Å². The van der Waals surface area contributed by atoms with Gasteiger partial charge in [0.25, 0.3) is 5.91 Å². The molecular formula is C19H30N2O3S. The van der Waals surface area contributed by atoms with Gasteiger partial charge < -0.3 is 5.32 Å². The standard InChI is InChI=1S/C19H30N2O3S/c1-4-5-7-15-8-6-9-18(15)20-19(22)16-10-12-17(13-11-16)25(23,24)21-14(2)3/h10-15,18,21H,4-9H2,1-3H3,(H,20,22). The molecule has 1 saturated carbocycles. The van der Waals surface area contributed by atoms with Gasteiger partial charge in [0.05, 0.1) is 4.90 Å². The fourth-order valence-electron chi connectivity index (χ4n) is 3.45. The summed E-state index contributed by atoms with van der Waals surface area (Å²) in [7, 11) is -3.53. The molecule has 1 aliphatic carbocycles. The Labute approximate surface area is 151 Å². The summed E-state index contributed by atoms with van der Waals surface area (Å²) in [6.07, 6.45) is 6.93. The fraction of sp³-hybridized carbons (Fsp3) is 0.632. The molecule has 0 radical (unpaired) electrons. The Morgan fingerprint density at radius 2 is 1.88 bits per heavy atom. The first-order valence-electron chi connectivity index (χ1n) is 9.26. The lowest BCUT2D eigenvalue weighted by Gasteiger charge is -2.21. The van der Waals surface area contributed by atoms with E-state index in [0.717, 1.165) is 12.8 Å². The van der Waals surface area contributed by atoms with Crippen LogP contribution >= 0.6 is 0 Å². The summed E-state index contributed by atoms with van der Waals surface area (Å²) in [5, 5.41) is 3.14. The van der Waals surface area contributed by atoms with Crippen LogP contribution in [0.25, 0.3) is 0 Å². The molecule has 1 aliphatic rings. The van der Waals surface area contributed by atoms with E-state index in [1.165, 1.54) is 37.8 Å². The van der Waals surface area contributed by atoms with Crippen LogP contribution in [0.2, 0.25) is 0 Å².